The third kappa shape index (κ3) is 2.47. The van der Waals surface area contributed by atoms with Crippen LogP contribution in [0, 0.1) is 17.3 Å². The van der Waals surface area contributed by atoms with Crippen LogP contribution < -0.4 is 10.6 Å². The molecule has 1 heterocycles. The summed E-state index contributed by atoms with van der Waals surface area (Å²) >= 11 is 0. The van der Waals surface area contributed by atoms with Gasteiger partial charge in [-0.15, -0.1) is 0 Å². The van der Waals surface area contributed by atoms with Crippen molar-refractivity contribution in [2.24, 2.45) is 17.3 Å². The molecule has 0 aromatic heterocycles. The molecular formula is C15H26N2O2. The Morgan fingerprint density at radius 1 is 1.37 bits per heavy atom. The van der Waals surface area contributed by atoms with Gasteiger partial charge in [-0.1, -0.05) is 26.7 Å². The molecule has 0 unspecified atom stereocenters. The molecule has 0 bridgehead atoms. The highest BCUT2D eigenvalue weighted by Gasteiger charge is 2.59. The van der Waals surface area contributed by atoms with E-state index >= 15 is 0 Å². The fraction of sp³-hybridized carbons (Fsp3) is 0.933. The molecule has 2 saturated carbocycles. The van der Waals surface area contributed by atoms with Crippen LogP contribution in [0.1, 0.15) is 46.5 Å². The Morgan fingerprint density at radius 2 is 2.11 bits per heavy atom. The van der Waals surface area contributed by atoms with Crippen molar-refractivity contribution in [2.45, 2.75) is 64.6 Å². The number of rotatable bonds is 4. The molecule has 1 saturated heterocycles. The van der Waals surface area contributed by atoms with Crippen LogP contribution in [0.15, 0.2) is 0 Å². The summed E-state index contributed by atoms with van der Waals surface area (Å²) in [7, 11) is 0. The quantitative estimate of drug-likeness (QED) is 0.820. The average Bonchev–Trinajstić information content (AvgIpc) is 3.01. The lowest BCUT2D eigenvalue weighted by Gasteiger charge is -2.54. The van der Waals surface area contributed by atoms with Gasteiger partial charge in [0.2, 0.25) is 0 Å². The van der Waals surface area contributed by atoms with Crippen molar-refractivity contribution in [1.29, 1.82) is 0 Å². The first-order chi connectivity index (χ1) is 8.98. The van der Waals surface area contributed by atoms with Gasteiger partial charge in [-0.25, -0.2) is 4.79 Å². The molecule has 2 aliphatic carbocycles. The monoisotopic (exact) mass is 266 g/mol. The van der Waals surface area contributed by atoms with E-state index in [-0.39, 0.29) is 23.5 Å². The molecule has 108 valence electrons. The molecule has 3 aliphatic rings. The van der Waals surface area contributed by atoms with Gasteiger partial charge in [0, 0.05) is 30.0 Å². The summed E-state index contributed by atoms with van der Waals surface area (Å²) in [6, 6.07) is 0.538. The first-order valence-corrected chi connectivity index (χ1v) is 7.67. The van der Waals surface area contributed by atoms with Gasteiger partial charge in [-0.05, 0) is 25.7 Å². The van der Waals surface area contributed by atoms with Crippen molar-refractivity contribution in [3.05, 3.63) is 0 Å². The van der Waals surface area contributed by atoms with E-state index in [1.54, 1.807) is 0 Å². The summed E-state index contributed by atoms with van der Waals surface area (Å²) < 4.78 is 5.75. The number of fused-ring (bicyclic) bond motifs is 1. The van der Waals surface area contributed by atoms with E-state index in [0.717, 1.165) is 25.4 Å². The van der Waals surface area contributed by atoms with Gasteiger partial charge in [0.25, 0.3) is 0 Å². The van der Waals surface area contributed by atoms with Crippen LogP contribution in [0.2, 0.25) is 0 Å². The maximum absolute atomic E-state index is 12.1. The van der Waals surface area contributed by atoms with Gasteiger partial charge < -0.3 is 15.4 Å². The predicted molar refractivity (Wildman–Crippen MR) is 73.9 cm³/mol. The fourth-order valence-corrected chi connectivity index (χ4v) is 3.94. The molecule has 4 atom stereocenters. The lowest BCUT2D eigenvalue weighted by molar-refractivity contribution is -0.108. The van der Waals surface area contributed by atoms with Gasteiger partial charge in [-0.3, -0.25) is 0 Å². The lowest BCUT2D eigenvalue weighted by Crippen LogP contribution is -2.68. The molecule has 4 nitrogen and oxygen atoms in total. The molecule has 4 heteroatoms. The first-order valence-electron chi connectivity index (χ1n) is 7.67. The Balaban J connectivity index is 1.48. The van der Waals surface area contributed by atoms with Gasteiger partial charge in [0.15, 0.2) is 0 Å². The molecule has 3 fully saturated rings. The SMILES string of the molecule is C[C@H](CC1CC1)NC(=O)N[C@@H]1[C@H]2CCO[C@@H]2C1(C)C. The van der Waals surface area contributed by atoms with Crippen molar-refractivity contribution >= 4 is 6.03 Å². The number of urea groups is 1. The second-order valence-corrected chi connectivity index (χ2v) is 7.24. The van der Waals surface area contributed by atoms with Crippen molar-refractivity contribution in [3.8, 4) is 0 Å². The standard InChI is InChI=1S/C15H26N2O2/c1-9(8-10-4-5-10)16-14(18)17-12-11-6-7-19-13(11)15(12,2)3/h9-13H,4-8H2,1-3H3,(H2,16,17,18)/t9-,11-,12-,13+/m1/s1. The Morgan fingerprint density at radius 3 is 2.79 bits per heavy atom. The zero-order valence-corrected chi connectivity index (χ0v) is 12.2. The highest BCUT2D eigenvalue weighted by atomic mass is 16.5. The van der Waals surface area contributed by atoms with Crippen LogP contribution in [0.25, 0.3) is 0 Å². The minimum absolute atomic E-state index is 0.00317. The van der Waals surface area contributed by atoms with Crippen LogP contribution in [0.3, 0.4) is 0 Å². The summed E-state index contributed by atoms with van der Waals surface area (Å²) in [4.78, 5) is 12.1. The van der Waals surface area contributed by atoms with Crippen LogP contribution in [0.5, 0.6) is 0 Å². The summed E-state index contributed by atoms with van der Waals surface area (Å²) in [5.41, 5.74) is 0.0677. The second kappa shape index (κ2) is 4.65. The van der Waals surface area contributed by atoms with E-state index in [1.165, 1.54) is 12.8 Å². The number of hydrogen-bond acceptors (Lipinski definition) is 2. The van der Waals surface area contributed by atoms with E-state index < -0.39 is 0 Å². The number of ether oxygens (including phenoxy) is 1. The third-order valence-corrected chi connectivity index (χ3v) is 5.15. The molecule has 2 amide bonds. The number of carbonyl (C=O) groups is 1. The number of amides is 2. The Labute approximate surface area is 115 Å². The van der Waals surface area contributed by atoms with Crippen LogP contribution in [-0.4, -0.2) is 30.8 Å². The molecule has 0 aromatic rings. The van der Waals surface area contributed by atoms with Crippen molar-refractivity contribution in [2.75, 3.05) is 6.61 Å². The van der Waals surface area contributed by atoms with E-state index in [9.17, 15) is 4.79 Å². The van der Waals surface area contributed by atoms with Crippen molar-refractivity contribution in [1.82, 2.24) is 10.6 Å². The first kappa shape index (κ1) is 13.2. The van der Waals surface area contributed by atoms with Gasteiger partial charge >= 0.3 is 6.03 Å². The largest absolute Gasteiger partial charge is 0.377 e. The lowest BCUT2D eigenvalue weighted by atomic mass is 9.57. The third-order valence-electron chi connectivity index (χ3n) is 5.15. The maximum atomic E-state index is 12.1. The predicted octanol–water partition coefficient (Wildman–Crippen LogP) is 2.29. The zero-order chi connectivity index (χ0) is 13.6. The zero-order valence-electron chi connectivity index (χ0n) is 12.2. The molecular weight excluding hydrogens is 240 g/mol. The Hall–Kier alpha value is -0.770. The molecule has 0 radical (unpaired) electrons. The smallest absolute Gasteiger partial charge is 0.315 e. The highest BCUT2D eigenvalue weighted by Crippen LogP contribution is 2.52. The summed E-state index contributed by atoms with van der Waals surface area (Å²) in [6.45, 7) is 7.33. The van der Waals surface area contributed by atoms with E-state index in [4.69, 9.17) is 4.74 Å². The van der Waals surface area contributed by atoms with Gasteiger partial charge in [-0.2, -0.15) is 0 Å². The number of carbonyl (C=O) groups excluding carboxylic acids is 1. The molecule has 3 rings (SSSR count). The topological polar surface area (TPSA) is 50.4 Å². The minimum atomic E-state index is -0.00317. The Kier molecular flexibility index (Phi) is 3.24. The van der Waals surface area contributed by atoms with E-state index in [1.807, 2.05) is 0 Å². The highest BCUT2D eigenvalue weighted by molar-refractivity contribution is 5.75. The molecule has 19 heavy (non-hydrogen) atoms. The Bertz CT molecular complexity index is 365. The fourth-order valence-electron chi connectivity index (χ4n) is 3.94. The van der Waals surface area contributed by atoms with E-state index in [2.05, 4.69) is 31.4 Å². The number of nitrogens with one attached hydrogen (secondary N) is 2. The van der Waals surface area contributed by atoms with Crippen LogP contribution in [-0.2, 0) is 4.74 Å². The van der Waals surface area contributed by atoms with E-state index in [0.29, 0.717) is 12.0 Å². The second-order valence-electron chi connectivity index (χ2n) is 7.24. The number of hydrogen-bond donors (Lipinski definition) is 2. The summed E-state index contributed by atoms with van der Waals surface area (Å²) in [5.74, 6) is 1.36. The summed E-state index contributed by atoms with van der Waals surface area (Å²) in [5, 5.41) is 6.25. The molecule has 1 aliphatic heterocycles. The van der Waals surface area contributed by atoms with Crippen LogP contribution in [0.4, 0.5) is 4.79 Å². The molecule has 0 aromatic carbocycles. The molecule has 0 spiro atoms. The minimum Gasteiger partial charge on any atom is -0.377 e. The van der Waals surface area contributed by atoms with Gasteiger partial charge in [0.05, 0.1) is 6.10 Å². The van der Waals surface area contributed by atoms with Crippen molar-refractivity contribution < 1.29 is 9.53 Å². The van der Waals surface area contributed by atoms with Gasteiger partial charge in [0.1, 0.15) is 0 Å². The van der Waals surface area contributed by atoms with Crippen LogP contribution >= 0.6 is 0 Å². The molecule has 2 N–H and O–H groups in total. The maximum Gasteiger partial charge on any atom is 0.315 e. The summed E-state index contributed by atoms with van der Waals surface area (Å²) in [6.07, 6.45) is 5.21. The van der Waals surface area contributed by atoms with Crippen molar-refractivity contribution in [3.63, 3.8) is 0 Å². The normalized spacial score (nSPS) is 37.1. The average molecular weight is 266 g/mol.